The number of para-hydroxylation sites is 1. The molecular weight excluding hydrogens is 470 g/mol. The first kappa shape index (κ1) is 25.0. The zero-order valence-corrected chi connectivity index (χ0v) is 22.3. The zero-order chi connectivity index (χ0) is 24.9. The molecule has 2 aromatic rings. The average Bonchev–Trinajstić information content (AvgIpc) is 3.41. The smallest absolute Gasteiger partial charge is 0.232 e. The van der Waals surface area contributed by atoms with Crippen LogP contribution in [0.4, 0.5) is 23.3 Å². The first-order valence-corrected chi connectivity index (χ1v) is 13.8. The second-order valence-electron chi connectivity index (χ2n) is 10.5. The Morgan fingerprint density at radius 3 is 2.31 bits per heavy atom. The number of nitrogens with zero attached hydrogens (tertiary/aromatic N) is 5. The topological polar surface area (TPSA) is 68.8 Å². The summed E-state index contributed by atoms with van der Waals surface area (Å²) in [5.74, 6) is 3.79. The minimum absolute atomic E-state index is 0.227. The molecule has 1 aromatic heterocycles. The highest BCUT2D eigenvalue weighted by Crippen LogP contribution is 2.29. The highest BCUT2D eigenvalue weighted by molar-refractivity contribution is 7.80. The Hall–Kier alpha value is -2.65. The number of hydrogen-bond donors (Lipinski definition) is 2. The van der Waals surface area contributed by atoms with Crippen molar-refractivity contribution in [1.82, 2.24) is 15.3 Å². The summed E-state index contributed by atoms with van der Waals surface area (Å²) in [6, 6.07) is 12.8. The third-order valence-corrected chi connectivity index (χ3v) is 7.60. The minimum atomic E-state index is 0.227. The Labute approximate surface area is 220 Å². The van der Waals surface area contributed by atoms with E-state index in [1.165, 1.54) is 12.1 Å². The van der Waals surface area contributed by atoms with E-state index in [9.17, 15) is 0 Å². The fraction of sp³-hybridized carbons (Fsp3) is 0.593. The summed E-state index contributed by atoms with van der Waals surface area (Å²) >= 11 is 5.59. The van der Waals surface area contributed by atoms with Gasteiger partial charge in [0, 0.05) is 64.2 Å². The van der Waals surface area contributed by atoms with Gasteiger partial charge in [0.1, 0.15) is 11.6 Å². The predicted molar refractivity (Wildman–Crippen MR) is 151 cm³/mol. The van der Waals surface area contributed by atoms with Gasteiger partial charge in [-0.25, -0.2) is 0 Å². The van der Waals surface area contributed by atoms with E-state index in [0.29, 0.717) is 29.4 Å². The van der Waals surface area contributed by atoms with Crippen molar-refractivity contribution in [3.05, 3.63) is 36.4 Å². The average molecular weight is 510 g/mol. The molecule has 0 radical (unpaired) electrons. The first-order valence-electron chi connectivity index (χ1n) is 13.4. The third-order valence-electron chi connectivity index (χ3n) is 7.36. The number of piperazine rings is 1. The van der Waals surface area contributed by atoms with E-state index in [-0.39, 0.29) is 6.10 Å². The van der Waals surface area contributed by atoms with Gasteiger partial charge in [-0.05, 0) is 55.4 Å². The molecule has 3 aliphatic rings. The molecule has 0 saturated carbocycles. The van der Waals surface area contributed by atoms with E-state index in [0.717, 1.165) is 70.4 Å². The van der Waals surface area contributed by atoms with Gasteiger partial charge < -0.3 is 30.1 Å². The van der Waals surface area contributed by atoms with Crippen LogP contribution < -0.4 is 25.3 Å². The van der Waals surface area contributed by atoms with Crippen LogP contribution in [0.15, 0.2) is 36.4 Å². The highest BCUT2D eigenvalue weighted by Gasteiger charge is 2.26. The number of rotatable bonds is 6. The summed E-state index contributed by atoms with van der Waals surface area (Å²) in [5.41, 5.74) is 1.28. The van der Waals surface area contributed by atoms with Crippen LogP contribution >= 0.6 is 12.2 Å². The summed E-state index contributed by atoms with van der Waals surface area (Å²) in [7, 11) is 0. The molecule has 0 amide bonds. The van der Waals surface area contributed by atoms with Crippen molar-refractivity contribution in [2.75, 3.05) is 72.4 Å². The Morgan fingerprint density at radius 2 is 1.64 bits per heavy atom. The van der Waals surface area contributed by atoms with Gasteiger partial charge >= 0.3 is 0 Å². The number of piperidine rings is 1. The number of ether oxygens (including phenoxy) is 1. The van der Waals surface area contributed by atoms with E-state index >= 15 is 0 Å². The lowest BCUT2D eigenvalue weighted by molar-refractivity contribution is 0.114. The van der Waals surface area contributed by atoms with Crippen molar-refractivity contribution < 1.29 is 4.74 Å². The molecule has 194 valence electrons. The number of anilines is 4. The highest BCUT2D eigenvalue weighted by atomic mass is 32.1. The zero-order valence-electron chi connectivity index (χ0n) is 21.5. The van der Waals surface area contributed by atoms with Gasteiger partial charge in [-0.3, -0.25) is 0 Å². The second-order valence-corrected chi connectivity index (χ2v) is 10.9. The largest absolute Gasteiger partial charge is 0.376 e. The van der Waals surface area contributed by atoms with Gasteiger partial charge in [0.2, 0.25) is 5.95 Å². The lowest BCUT2D eigenvalue weighted by Crippen LogP contribution is -2.47. The number of thiocarbonyl (C=S) groups is 1. The SMILES string of the molecule is CC1CC(C)CN(c2cc(N3CCN(c4ccccc4)CC3)nc(NC(=S)NCC3CCCO3)n2)C1. The molecule has 5 rings (SSSR count). The molecule has 3 aliphatic heterocycles. The lowest BCUT2D eigenvalue weighted by atomic mass is 9.92. The monoisotopic (exact) mass is 509 g/mol. The van der Waals surface area contributed by atoms with Crippen LogP contribution in [-0.4, -0.2) is 73.6 Å². The minimum Gasteiger partial charge on any atom is -0.376 e. The van der Waals surface area contributed by atoms with Crippen molar-refractivity contribution in [2.45, 2.75) is 39.2 Å². The summed E-state index contributed by atoms with van der Waals surface area (Å²) in [6.07, 6.45) is 3.68. The van der Waals surface area contributed by atoms with E-state index in [1.54, 1.807) is 0 Å². The van der Waals surface area contributed by atoms with Gasteiger partial charge in [-0.1, -0.05) is 32.0 Å². The van der Waals surface area contributed by atoms with Gasteiger partial charge in [-0.15, -0.1) is 0 Å². The van der Waals surface area contributed by atoms with Crippen LogP contribution in [0.25, 0.3) is 0 Å². The molecule has 9 heteroatoms. The molecule has 0 spiro atoms. The van der Waals surface area contributed by atoms with Crippen LogP contribution in [0.2, 0.25) is 0 Å². The van der Waals surface area contributed by atoms with Gasteiger partial charge in [-0.2, -0.15) is 9.97 Å². The van der Waals surface area contributed by atoms with E-state index in [4.69, 9.17) is 26.9 Å². The van der Waals surface area contributed by atoms with E-state index in [1.807, 2.05) is 0 Å². The van der Waals surface area contributed by atoms with Crippen LogP contribution in [0.3, 0.4) is 0 Å². The normalized spacial score (nSPS) is 24.6. The lowest BCUT2D eigenvalue weighted by Gasteiger charge is -2.38. The molecule has 1 aromatic carbocycles. The van der Waals surface area contributed by atoms with Crippen molar-refractivity contribution in [3.63, 3.8) is 0 Å². The molecule has 36 heavy (non-hydrogen) atoms. The molecule has 0 aliphatic carbocycles. The maximum atomic E-state index is 5.71. The molecule has 3 atom stereocenters. The summed E-state index contributed by atoms with van der Waals surface area (Å²) in [6.45, 7) is 12.0. The number of benzene rings is 1. The van der Waals surface area contributed by atoms with Crippen LogP contribution in [0.5, 0.6) is 0 Å². The van der Waals surface area contributed by atoms with Crippen LogP contribution in [0, 0.1) is 11.8 Å². The maximum absolute atomic E-state index is 5.71. The van der Waals surface area contributed by atoms with Crippen molar-refractivity contribution >= 4 is 40.6 Å². The van der Waals surface area contributed by atoms with E-state index < -0.39 is 0 Å². The quantitative estimate of drug-likeness (QED) is 0.567. The van der Waals surface area contributed by atoms with Crippen LogP contribution in [-0.2, 0) is 4.74 Å². The van der Waals surface area contributed by atoms with Gasteiger partial charge in [0.05, 0.1) is 6.10 Å². The summed E-state index contributed by atoms with van der Waals surface area (Å²) < 4.78 is 5.71. The molecule has 8 nitrogen and oxygen atoms in total. The van der Waals surface area contributed by atoms with Gasteiger partial charge in [0.15, 0.2) is 5.11 Å². The Kier molecular flexibility index (Phi) is 8.06. The molecule has 3 unspecified atom stereocenters. The van der Waals surface area contributed by atoms with Crippen molar-refractivity contribution in [3.8, 4) is 0 Å². The third kappa shape index (κ3) is 6.37. The molecule has 3 saturated heterocycles. The fourth-order valence-corrected chi connectivity index (χ4v) is 5.82. The number of nitrogens with one attached hydrogen (secondary N) is 2. The standard InChI is InChI=1S/C27H39N7OS/c1-20-15-21(2)19-34(18-20)25-16-24(33-12-10-32(11-13-33)22-7-4-3-5-8-22)29-26(30-25)31-27(36)28-17-23-9-6-14-35-23/h3-5,7-8,16,20-21,23H,6,9-15,17-19H2,1-2H3,(H2,28,29,30,31,36). The van der Waals surface area contributed by atoms with Gasteiger partial charge in [0.25, 0.3) is 0 Å². The number of hydrogen-bond acceptors (Lipinski definition) is 7. The molecule has 4 heterocycles. The Bertz CT molecular complexity index is 998. The van der Waals surface area contributed by atoms with Crippen molar-refractivity contribution in [2.24, 2.45) is 11.8 Å². The van der Waals surface area contributed by atoms with Crippen molar-refractivity contribution in [1.29, 1.82) is 0 Å². The van der Waals surface area contributed by atoms with E-state index in [2.05, 4.69) is 75.6 Å². The second kappa shape index (κ2) is 11.6. The molecule has 0 bridgehead atoms. The molecular formula is C27H39N7OS. The maximum Gasteiger partial charge on any atom is 0.232 e. The number of aromatic nitrogens is 2. The predicted octanol–water partition coefficient (Wildman–Crippen LogP) is 3.75. The summed E-state index contributed by atoms with van der Waals surface area (Å²) in [4.78, 5) is 17.0. The molecule has 2 N–H and O–H groups in total. The summed E-state index contributed by atoms with van der Waals surface area (Å²) in [5, 5.41) is 7.10. The van der Waals surface area contributed by atoms with Crippen LogP contribution in [0.1, 0.15) is 33.1 Å². The fourth-order valence-electron chi connectivity index (χ4n) is 5.64. The Morgan fingerprint density at radius 1 is 0.972 bits per heavy atom. The molecule has 3 fully saturated rings. The first-order chi connectivity index (χ1) is 17.5. The Balaban J connectivity index is 1.31.